The van der Waals surface area contributed by atoms with E-state index in [-0.39, 0.29) is 10.5 Å². The molecule has 8 heteroatoms. The summed E-state index contributed by atoms with van der Waals surface area (Å²) in [6.07, 6.45) is 4.11. The van der Waals surface area contributed by atoms with Gasteiger partial charge in [0.15, 0.2) is 0 Å². The van der Waals surface area contributed by atoms with Crippen molar-refractivity contribution in [3.05, 3.63) is 48.3 Å². The number of hydrogen-bond acceptors (Lipinski definition) is 4. The fourth-order valence-corrected chi connectivity index (χ4v) is 2.84. The van der Waals surface area contributed by atoms with Crippen molar-refractivity contribution >= 4 is 15.9 Å². The van der Waals surface area contributed by atoms with Gasteiger partial charge in [0, 0.05) is 31.0 Å². The predicted octanol–water partition coefficient (Wildman–Crippen LogP) is 0.351. The first-order chi connectivity index (χ1) is 9.99. The highest BCUT2D eigenvalue weighted by molar-refractivity contribution is 7.89. The lowest BCUT2D eigenvalue weighted by Gasteiger charge is -2.07. The highest BCUT2D eigenvalue weighted by Gasteiger charge is 2.13. The van der Waals surface area contributed by atoms with Crippen LogP contribution in [0.2, 0.25) is 0 Å². The maximum atomic E-state index is 12.0. The molecule has 7 nitrogen and oxygen atoms in total. The molecule has 0 spiro atoms. The van der Waals surface area contributed by atoms with E-state index in [1.807, 2.05) is 12.3 Å². The third-order valence-electron chi connectivity index (χ3n) is 2.86. The number of nitrogens with one attached hydrogen (secondary N) is 1. The van der Waals surface area contributed by atoms with Gasteiger partial charge in [0.25, 0.3) is 0 Å². The zero-order chi connectivity index (χ0) is 15.3. The molecule has 112 valence electrons. The maximum Gasteiger partial charge on any atom is 0.248 e. The van der Waals surface area contributed by atoms with Crippen LogP contribution in [0.25, 0.3) is 0 Å². The van der Waals surface area contributed by atoms with Crippen LogP contribution in [0.15, 0.2) is 47.6 Å². The normalized spacial score (nSPS) is 11.4. The minimum Gasteiger partial charge on any atom is -0.366 e. The standard InChI is InChI=1S/C13H16N4O3S/c14-13(18)11-3-5-12(6-4-11)21(19,20)16-8-2-10-17-9-1-7-15-17/h1,3-7,9,16H,2,8,10H2,(H2,14,18). The van der Waals surface area contributed by atoms with E-state index in [9.17, 15) is 13.2 Å². The third-order valence-corrected chi connectivity index (χ3v) is 4.34. The highest BCUT2D eigenvalue weighted by atomic mass is 32.2. The summed E-state index contributed by atoms with van der Waals surface area (Å²) in [5.74, 6) is -0.592. The van der Waals surface area contributed by atoms with Gasteiger partial charge < -0.3 is 5.73 Å². The summed E-state index contributed by atoms with van der Waals surface area (Å²) < 4.78 is 28.3. The van der Waals surface area contributed by atoms with E-state index in [4.69, 9.17) is 5.73 Å². The molecule has 1 amide bonds. The molecule has 2 aromatic rings. The highest BCUT2D eigenvalue weighted by Crippen LogP contribution is 2.10. The van der Waals surface area contributed by atoms with Gasteiger partial charge in [-0.3, -0.25) is 9.48 Å². The van der Waals surface area contributed by atoms with E-state index in [1.54, 1.807) is 10.9 Å². The summed E-state index contributed by atoms with van der Waals surface area (Å²) in [4.78, 5) is 11.0. The van der Waals surface area contributed by atoms with Crippen molar-refractivity contribution in [2.75, 3.05) is 6.54 Å². The fourth-order valence-electron chi connectivity index (χ4n) is 1.76. The van der Waals surface area contributed by atoms with Crippen LogP contribution in [0.1, 0.15) is 16.8 Å². The van der Waals surface area contributed by atoms with Crippen LogP contribution in [0, 0.1) is 0 Å². The van der Waals surface area contributed by atoms with Crippen molar-refractivity contribution in [3.8, 4) is 0 Å². The summed E-state index contributed by atoms with van der Waals surface area (Å²) >= 11 is 0. The smallest absolute Gasteiger partial charge is 0.248 e. The molecule has 0 bridgehead atoms. The number of hydrogen-bond donors (Lipinski definition) is 2. The fraction of sp³-hybridized carbons (Fsp3) is 0.231. The van der Waals surface area contributed by atoms with Crippen LogP contribution in [-0.2, 0) is 16.6 Å². The van der Waals surface area contributed by atoms with Crippen molar-refractivity contribution in [1.29, 1.82) is 0 Å². The summed E-state index contributed by atoms with van der Waals surface area (Å²) in [6, 6.07) is 7.30. The Kier molecular flexibility index (Phi) is 4.71. The van der Waals surface area contributed by atoms with Gasteiger partial charge in [-0.15, -0.1) is 0 Å². The van der Waals surface area contributed by atoms with Crippen LogP contribution in [-0.4, -0.2) is 30.7 Å². The number of carbonyl (C=O) groups is 1. The Labute approximate surface area is 122 Å². The number of primary amides is 1. The molecule has 1 aromatic carbocycles. The summed E-state index contributed by atoms with van der Waals surface area (Å²) in [6.45, 7) is 0.940. The van der Waals surface area contributed by atoms with Crippen LogP contribution >= 0.6 is 0 Å². The molecule has 1 aromatic heterocycles. The Bertz CT molecular complexity index is 694. The van der Waals surface area contributed by atoms with Crippen molar-refractivity contribution in [2.45, 2.75) is 17.9 Å². The SMILES string of the molecule is NC(=O)c1ccc(S(=O)(=O)NCCCn2cccn2)cc1. The zero-order valence-corrected chi connectivity index (χ0v) is 12.1. The van der Waals surface area contributed by atoms with Crippen LogP contribution in [0.3, 0.4) is 0 Å². The van der Waals surface area contributed by atoms with Crippen LogP contribution < -0.4 is 10.5 Å². The average molecular weight is 308 g/mol. The third kappa shape index (κ3) is 4.14. The van der Waals surface area contributed by atoms with E-state index < -0.39 is 15.9 Å². The van der Waals surface area contributed by atoms with Gasteiger partial charge in [-0.2, -0.15) is 5.10 Å². The van der Waals surface area contributed by atoms with Gasteiger partial charge in [-0.05, 0) is 36.8 Å². The predicted molar refractivity (Wildman–Crippen MR) is 77.0 cm³/mol. The molecule has 0 saturated carbocycles. The summed E-state index contributed by atoms with van der Waals surface area (Å²) in [5.41, 5.74) is 5.38. The van der Waals surface area contributed by atoms with Crippen LogP contribution in [0.4, 0.5) is 0 Å². The second-order valence-electron chi connectivity index (χ2n) is 4.41. The minimum absolute atomic E-state index is 0.103. The summed E-state index contributed by atoms with van der Waals surface area (Å²) in [7, 11) is -3.58. The molecule has 0 unspecified atom stereocenters. The lowest BCUT2D eigenvalue weighted by Crippen LogP contribution is -2.25. The van der Waals surface area contributed by atoms with Crippen LogP contribution in [0.5, 0.6) is 0 Å². The molecule has 0 radical (unpaired) electrons. The molecule has 1 heterocycles. The van der Waals surface area contributed by atoms with Gasteiger partial charge in [0.2, 0.25) is 15.9 Å². The minimum atomic E-state index is -3.58. The van der Waals surface area contributed by atoms with Gasteiger partial charge in [0.1, 0.15) is 0 Å². The van der Waals surface area contributed by atoms with E-state index in [0.717, 1.165) is 0 Å². The molecule has 0 atom stereocenters. The zero-order valence-electron chi connectivity index (χ0n) is 11.3. The molecule has 0 aliphatic carbocycles. The Hall–Kier alpha value is -2.19. The maximum absolute atomic E-state index is 12.0. The van der Waals surface area contributed by atoms with E-state index in [2.05, 4.69) is 9.82 Å². The van der Waals surface area contributed by atoms with E-state index in [0.29, 0.717) is 19.5 Å². The number of nitrogens with zero attached hydrogens (tertiary/aromatic N) is 2. The number of aryl methyl sites for hydroxylation is 1. The monoisotopic (exact) mass is 308 g/mol. The van der Waals surface area contributed by atoms with Crippen molar-refractivity contribution in [2.24, 2.45) is 5.73 Å². The molecule has 21 heavy (non-hydrogen) atoms. The largest absolute Gasteiger partial charge is 0.366 e. The molecule has 0 saturated heterocycles. The first-order valence-electron chi connectivity index (χ1n) is 6.36. The number of aromatic nitrogens is 2. The number of sulfonamides is 1. The molecule has 2 rings (SSSR count). The second kappa shape index (κ2) is 6.51. The molecule has 0 aliphatic rings. The lowest BCUT2D eigenvalue weighted by atomic mass is 10.2. The van der Waals surface area contributed by atoms with Gasteiger partial charge in [-0.25, -0.2) is 13.1 Å². The first-order valence-corrected chi connectivity index (χ1v) is 7.84. The lowest BCUT2D eigenvalue weighted by molar-refractivity contribution is 0.1000. The first kappa shape index (κ1) is 15.2. The number of amides is 1. The van der Waals surface area contributed by atoms with Crippen molar-refractivity contribution in [3.63, 3.8) is 0 Å². The van der Waals surface area contributed by atoms with Crippen molar-refractivity contribution in [1.82, 2.24) is 14.5 Å². The Morgan fingerprint density at radius 3 is 2.57 bits per heavy atom. The molecular formula is C13H16N4O3S. The number of nitrogens with two attached hydrogens (primary N) is 1. The summed E-state index contributed by atoms with van der Waals surface area (Å²) in [5, 5.41) is 4.03. The van der Waals surface area contributed by atoms with Gasteiger partial charge in [0.05, 0.1) is 4.90 Å². The van der Waals surface area contributed by atoms with Crippen molar-refractivity contribution < 1.29 is 13.2 Å². The number of rotatable bonds is 7. The number of carbonyl (C=O) groups excluding carboxylic acids is 1. The Morgan fingerprint density at radius 2 is 2.00 bits per heavy atom. The Morgan fingerprint density at radius 1 is 1.29 bits per heavy atom. The molecule has 0 aliphatic heterocycles. The quantitative estimate of drug-likeness (QED) is 0.720. The molecule has 0 fully saturated rings. The molecular weight excluding hydrogens is 292 g/mol. The second-order valence-corrected chi connectivity index (χ2v) is 6.18. The van der Waals surface area contributed by atoms with E-state index >= 15 is 0 Å². The number of benzene rings is 1. The van der Waals surface area contributed by atoms with E-state index in [1.165, 1.54) is 24.3 Å². The van der Waals surface area contributed by atoms with Gasteiger partial charge in [-0.1, -0.05) is 0 Å². The average Bonchev–Trinajstić information content (AvgIpc) is 2.97. The van der Waals surface area contributed by atoms with Gasteiger partial charge >= 0.3 is 0 Å². The molecule has 3 N–H and O–H groups in total. The topological polar surface area (TPSA) is 107 Å². The Balaban J connectivity index is 1.90.